The number of nitrogens with zero attached hydrogens (tertiary/aromatic N) is 2. The molecule has 0 aliphatic carbocycles. The van der Waals surface area contributed by atoms with E-state index in [4.69, 9.17) is 4.74 Å². The Bertz CT molecular complexity index is 517. The van der Waals surface area contributed by atoms with Gasteiger partial charge in [0.1, 0.15) is 0 Å². The molecule has 0 aromatic carbocycles. The predicted octanol–water partition coefficient (Wildman–Crippen LogP) is 2.54. The summed E-state index contributed by atoms with van der Waals surface area (Å²) in [6.07, 6.45) is 10.1. The van der Waals surface area contributed by atoms with Gasteiger partial charge in [-0.05, 0) is 63.2 Å². The SMILES string of the molecule is CN1CC[C@@H](CNC(=O)CC[C@@H]2CCCCO2)[C@@H]1c1cccnc1. The molecule has 24 heavy (non-hydrogen) atoms. The van der Waals surface area contributed by atoms with Gasteiger partial charge in [0, 0.05) is 38.0 Å². The monoisotopic (exact) mass is 331 g/mol. The third kappa shape index (κ3) is 4.54. The van der Waals surface area contributed by atoms with Gasteiger partial charge in [0.2, 0.25) is 5.91 Å². The highest BCUT2D eigenvalue weighted by Crippen LogP contribution is 2.35. The average molecular weight is 331 g/mol. The molecule has 0 saturated carbocycles. The zero-order valence-electron chi connectivity index (χ0n) is 14.6. The molecular formula is C19H29N3O2. The minimum atomic E-state index is 0.156. The number of likely N-dealkylation sites (tertiary alicyclic amines) is 1. The lowest BCUT2D eigenvalue weighted by Crippen LogP contribution is -2.33. The third-order valence-corrected chi connectivity index (χ3v) is 5.33. The van der Waals surface area contributed by atoms with E-state index in [1.54, 1.807) is 0 Å². The fourth-order valence-electron chi connectivity index (χ4n) is 3.98. The van der Waals surface area contributed by atoms with Crippen molar-refractivity contribution in [3.8, 4) is 0 Å². The summed E-state index contributed by atoms with van der Waals surface area (Å²) in [4.78, 5) is 18.8. The molecule has 0 spiro atoms. The molecule has 5 heteroatoms. The summed E-state index contributed by atoms with van der Waals surface area (Å²) in [5.74, 6) is 0.609. The van der Waals surface area contributed by atoms with Gasteiger partial charge in [-0.15, -0.1) is 0 Å². The fourth-order valence-corrected chi connectivity index (χ4v) is 3.98. The Morgan fingerprint density at radius 3 is 3.08 bits per heavy atom. The molecule has 1 aromatic heterocycles. The van der Waals surface area contributed by atoms with E-state index in [-0.39, 0.29) is 12.0 Å². The fraction of sp³-hybridized carbons (Fsp3) is 0.684. The van der Waals surface area contributed by atoms with Crippen LogP contribution >= 0.6 is 0 Å². The maximum Gasteiger partial charge on any atom is 0.220 e. The van der Waals surface area contributed by atoms with E-state index in [0.29, 0.717) is 18.4 Å². The summed E-state index contributed by atoms with van der Waals surface area (Å²) in [5, 5.41) is 3.14. The molecular weight excluding hydrogens is 302 g/mol. The highest BCUT2D eigenvalue weighted by Gasteiger charge is 2.33. The van der Waals surface area contributed by atoms with Crippen molar-refractivity contribution in [1.29, 1.82) is 0 Å². The van der Waals surface area contributed by atoms with E-state index in [2.05, 4.69) is 28.3 Å². The van der Waals surface area contributed by atoms with Crippen LogP contribution in [0.15, 0.2) is 24.5 Å². The van der Waals surface area contributed by atoms with Crippen LogP contribution in [0.5, 0.6) is 0 Å². The summed E-state index contributed by atoms with van der Waals surface area (Å²) in [6, 6.07) is 4.47. The van der Waals surface area contributed by atoms with Gasteiger partial charge in [-0.2, -0.15) is 0 Å². The number of hydrogen-bond donors (Lipinski definition) is 1. The lowest BCUT2D eigenvalue weighted by atomic mass is 9.94. The van der Waals surface area contributed by atoms with E-state index in [0.717, 1.165) is 45.4 Å². The molecule has 3 atom stereocenters. The van der Waals surface area contributed by atoms with E-state index < -0.39 is 0 Å². The minimum absolute atomic E-state index is 0.156. The Labute approximate surface area is 144 Å². The summed E-state index contributed by atoms with van der Waals surface area (Å²) in [7, 11) is 2.15. The van der Waals surface area contributed by atoms with Crippen LogP contribution in [0, 0.1) is 5.92 Å². The van der Waals surface area contributed by atoms with Gasteiger partial charge in [-0.25, -0.2) is 0 Å². The van der Waals surface area contributed by atoms with Crippen LogP contribution in [-0.2, 0) is 9.53 Å². The van der Waals surface area contributed by atoms with Gasteiger partial charge in [0.05, 0.1) is 6.10 Å². The molecule has 2 saturated heterocycles. The Hall–Kier alpha value is -1.46. The van der Waals surface area contributed by atoms with Crippen LogP contribution in [0.2, 0.25) is 0 Å². The molecule has 1 N–H and O–H groups in total. The van der Waals surface area contributed by atoms with Crippen LogP contribution in [0.4, 0.5) is 0 Å². The molecule has 2 fully saturated rings. The van der Waals surface area contributed by atoms with Gasteiger partial charge in [-0.1, -0.05) is 6.07 Å². The first-order chi connectivity index (χ1) is 11.7. The molecule has 0 unspecified atom stereocenters. The van der Waals surface area contributed by atoms with Crippen LogP contribution in [0.25, 0.3) is 0 Å². The number of amides is 1. The second-order valence-corrected chi connectivity index (χ2v) is 7.09. The van der Waals surface area contributed by atoms with Crippen LogP contribution in [0.3, 0.4) is 0 Å². The van der Waals surface area contributed by atoms with Gasteiger partial charge >= 0.3 is 0 Å². The maximum atomic E-state index is 12.2. The number of pyridine rings is 1. The zero-order valence-corrected chi connectivity index (χ0v) is 14.6. The number of hydrogen-bond acceptors (Lipinski definition) is 4. The standard InChI is InChI=1S/C19H29N3O2/c1-22-11-9-16(19(22)15-5-4-10-20-13-15)14-21-18(23)8-7-17-6-2-3-12-24-17/h4-5,10,13,16-17,19H,2-3,6-9,11-12,14H2,1H3,(H,21,23)/t16-,17-,19-/m0/s1. The normalized spacial score (nSPS) is 28.0. The Balaban J connectivity index is 1.45. The summed E-state index contributed by atoms with van der Waals surface area (Å²) in [6.45, 7) is 2.66. The summed E-state index contributed by atoms with van der Waals surface area (Å²) >= 11 is 0. The lowest BCUT2D eigenvalue weighted by molar-refractivity contribution is -0.122. The van der Waals surface area contributed by atoms with E-state index in [1.165, 1.54) is 12.0 Å². The average Bonchev–Trinajstić information content (AvgIpc) is 3.00. The minimum Gasteiger partial charge on any atom is -0.378 e. The molecule has 0 bridgehead atoms. The highest BCUT2D eigenvalue weighted by molar-refractivity contribution is 5.75. The van der Waals surface area contributed by atoms with Crippen molar-refractivity contribution in [3.05, 3.63) is 30.1 Å². The number of ether oxygens (including phenoxy) is 1. The molecule has 3 rings (SSSR count). The molecule has 0 radical (unpaired) electrons. The van der Waals surface area contributed by atoms with Crippen molar-refractivity contribution < 1.29 is 9.53 Å². The first-order valence-electron chi connectivity index (χ1n) is 9.22. The topological polar surface area (TPSA) is 54.5 Å². The lowest BCUT2D eigenvalue weighted by Gasteiger charge is -2.25. The van der Waals surface area contributed by atoms with Crippen molar-refractivity contribution >= 4 is 5.91 Å². The predicted molar refractivity (Wildman–Crippen MR) is 93.5 cm³/mol. The number of aromatic nitrogens is 1. The van der Waals surface area contributed by atoms with Crippen LogP contribution < -0.4 is 5.32 Å². The quantitative estimate of drug-likeness (QED) is 0.870. The Morgan fingerprint density at radius 2 is 2.33 bits per heavy atom. The van der Waals surface area contributed by atoms with Crippen molar-refractivity contribution in [3.63, 3.8) is 0 Å². The number of rotatable bonds is 6. The third-order valence-electron chi connectivity index (χ3n) is 5.33. The molecule has 2 aliphatic rings. The molecule has 1 aromatic rings. The van der Waals surface area contributed by atoms with E-state index in [9.17, 15) is 4.79 Å². The second-order valence-electron chi connectivity index (χ2n) is 7.09. The highest BCUT2D eigenvalue weighted by atomic mass is 16.5. The van der Waals surface area contributed by atoms with E-state index in [1.807, 2.05) is 18.5 Å². The zero-order chi connectivity index (χ0) is 16.8. The van der Waals surface area contributed by atoms with Crippen molar-refractivity contribution in [1.82, 2.24) is 15.2 Å². The van der Waals surface area contributed by atoms with Crippen LogP contribution in [-0.4, -0.2) is 48.6 Å². The van der Waals surface area contributed by atoms with Crippen molar-refractivity contribution in [2.75, 3.05) is 26.7 Å². The number of nitrogens with one attached hydrogen (secondary N) is 1. The first-order valence-corrected chi connectivity index (χ1v) is 9.22. The van der Waals surface area contributed by atoms with Gasteiger partial charge < -0.3 is 10.1 Å². The van der Waals surface area contributed by atoms with E-state index >= 15 is 0 Å². The van der Waals surface area contributed by atoms with Gasteiger partial charge in [0.25, 0.3) is 0 Å². The first kappa shape index (κ1) is 17.4. The van der Waals surface area contributed by atoms with Crippen molar-refractivity contribution in [2.45, 2.75) is 50.7 Å². The molecule has 132 valence electrons. The maximum absolute atomic E-state index is 12.2. The second kappa shape index (κ2) is 8.58. The van der Waals surface area contributed by atoms with Gasteiger partial charge in [-0.3, -0.25) is 14.7 Å². The smallest absolute Gasteiger partial charge is 0.220 e. The summed E-state index contributed by atoms with van der Waals surface area (Å²) in [5.41, 5.74) is 1.24. The molecule has 2 aliphatic heterocycles. The number of carbonyl (C=O) groups is 1. The molecule has 1 amide bonds. The molecule has 3 heterocycles. The number of carbonyl (C=O) groups excluding carboxylic acids is 1. The van der Waals surface area contributed by atoms with Crippen LogP contribution in [0.1, 0.15) is 50.1 Å². The van der Waals surface area contributed by atoms with Gasteiger partial charge in [0.15, 0.2) is 0 Å². The Kier molecular flexibility index (Phi) is 6.21. The van der Waals surface area contributed by atoms with Crippen molar-refractivity contribution in [2.24, 2.45) is 5.92 Å². The summed E-state index contributed by atoms with van der Waals surface area (Å²) < 4.78 is 5.70. The largest absolute Gasteiger partial charge is 0.378 e. The Morgan fingerprint density at radius 1 is 1.42 bits per heavy atom. The molecule has 5 nitrogen and oxygen atoms in total.